The zero-order valence-electron chi connectivity index (χ0n) is 8.65. The molecule has 0 atom stereocenters. The van der Waals surface area contributed by atoms with Crippen LogP contribution < -0.4 is 0 Å². The van der Waals surface area contributed by atoms with Crippen LogP contribution in [0.15, 0.2) is 34.4 Å². The van der Waals surface area contributed by atoms with Crippen LogP contribution in [-0.4, -0.2) is 16.6 Å². The molecule has 0 spiro atoms. The SMILES string of the molecule is CC(=NO)C(C)=Nc1ccccc1C. The Balaban J connectivity index is 3.04. The lowest BCUT2D eigenvalue weighted by atomic mass is 10.2. The molecule has 0 aliphatic rings. The normalized spacial score (nSPS) is 13.1. The third-order valence-corrected chi connectivity index (χ3v) is 2.08. The number of aliphatic imine (C=N–C) groups is 1. The molecule has 0 aliphatic heterocycles. The molecule has 0 aliphatic carbocycles. The van der Waals surface area contributed by atoms with Crippen molar-refractivity contribution in [2.45, 2.75) is 20.8 Å². The summed E-state index contributed by atoms with van der Waals surface area (Å²) in [6, 6.07) is 7.84. The molecule has 74 valence electrons. The van der Waals surface area contributed by atoms with E-state index < -0.39 is 0 Å². The standard InChI is InChI=1S/C11H14N2O/c1-8-6-4-5-7-11(8)12-9(2)10(3)13-14/h4-7,14H,1-3H3. The summed E-state index contributed by atoms with van der Waals surface area (Å²) in [6.07, 6.45) is 0. The minimum atomic E-state index is 0.535. The molecule has 1 N–H and O–H groups in total. The van der Waals surface area contributed by atoms with E-state index in [1.54, 1.807) is 6.92 Å². The monoisotopic (exact) mass is 190 g/mol. The smallest absolute Gasteiger partial charge is 0.0976 e. The molecule has 3 nitrogen and oxygen atoms in total. The van der Waals surface area contributed by atoms with Gasteiger partial charge in [0.15, 0.2) is 0 Å². The minimum absolute atomic E-state index is 0.535. The highest BCUT2D eigenvalue weighted by Gasteiger charge is 1.99. The van der Waals surface area contributed by atoms with E-state index >= 15 is 0 Å². The van der Waals surface area contributed by atoms with Crippen LogP contribution in [0.5, 0.6) is 0 Å². The molecule has 0 unspecified atom stereocenters. The second-order valence-corrected chi connectivity index (χ2v) is 3.17. The summed E-state index contributed by atoms with van der Waals surface area (Å²) >= 11 is 0. The van der Waals surface area contributed by atoms with E-state index in [9.17, 15) is 0 Å². The van der Waals surface area contributed by atoms with Crippen LogP contribution in [-0.2, 0) is 0 Å². The molecule has 0 amide bonds. The largest absolute Gasteiger partial charge is 0.411 e. The number of para-hydroxylation sites is 1. The Morgan fingerprint density at radius 2 is 1.79 bits per heavy atom. The van der Waals surface area contributed by atoms with Crippen LogP contribution in [0.25, 0.3) is 0 Å². The van der Waals surface area contributed by atoms with Crippen molar-refractivity contribution in [3.05, 3.63) is 29.8 Å². The molecule has 14 heavy (non-hydrogen) atoms. The summed E-state index contributed by atoms with van der Waals surface area (Å²) in [5.41, 5.74) is 3.28. The fourth-order valence-corrected chi connectivity index (χ4v) is 1.02. The van der Waals surface area contributed by atoms with Crippen molar-refractivity contribution in [1.82, 2.24) is 0 Å². The summed E-state index contributed by atoms with van der Waals surface area (Å²) in [5, 5.41) is 11.7. The topological polar surface area (TPSA) is 45.0 Å². The first-order chi connectivity index (χ1) is 6.65. The molecule has 1 aromatic rings. The molecule has 1 aromatic carbocycles. The number of aryl methyl sites for hydroxylation is 1. The zero-order valence-corrected chi connectivity index (χ0v) is 8.65. The van der Waals surface area contributed by atoms with E-state index in [-0.39, 0.29) is 0 Å². The zero-order chi connectivity index (χ0) is 10.6. The lowest BCUT2D eigenvalue weighted by Gasteiger charge is -2.01. The first kappa shape index (κ1) is 10.4. The lowest BCUT2D eigenvalue weighted by molar-refractivity contribution is 0.320. The van der Waals surface area contributed by atoms with Gasteiger partial charge in [0.1, 0.15) is 0 Å². The van der Waals surface area contributed by atoms with Crippen LogP contribution in [0, 0.1) is 6.92 Å². The van der Waals surface area contributed by atoms with Gasteiger partial charge < -0.3 is 5.21 Å². The Morgan fingerprint density at radius 1 is 1.14 bits per heavy atom. The molecule has 0 aromatic heterocycles. The molecule has 0 saturated heterocycles. The Hall–Kier alpha value is -1.64. The second-order valence-electron chi connectivity index (χ2n) is 3.17. The van der Waals surface area contributed by atoms with Crippen molar-refractivity contribution < 1.29 is 5.21 Å². The van der Waals surface area contributed by atoms with Crippen LogP contribution in [0.4, 0.5) is 5.69 Å². The highest BCUT2D eigenvalue weighted by Crippen LogP contribution is 2.17. The van der Waals surface area contributed by atoms with Crippen molar-refractivity contribution >= 4 is 17.1 Å². The Bertz CT molecular complexity index is 381. The van der Waals surface area contributed by atoms with Crippen molar-refractivity contribution in [3.8, 4) is 0 Å². The highest BCUT2D eigenvalue weighted by atomic mass is 16.4. The van der Waals surface area contributed by atoms with Gasteiger partial charge in [-0.25, -0.2) is 0 Å². The third kappa shape index (κ3) is 2.42. The number of hydrogen-bond acceptors (Lipinski definition) is 3. The number of rotatable bonds is 2. The van der Waals surface area contributed by atoms with Gasteiger partial charge in [0.05, 0.1) is 17.1 Å². The predicted molar refractivity (Wildman–Crippen MR) is 58.8 cm³/mol. The number of benzene rings is 1. The fraction of sp³-hybridized carbons (Fsp3) is 0.273. The van der Waals surface area contributed by atoms with Gasteiger partial charge in [0, 0.05) is 0 Å². The van der Waals surface area contributed by atoms with E-state index in [0.717, 1.165) is 17.0 Å². The Morgan fingerprint density at radius 3 is 2.36 bits per heavy atom. The average Bonchev–Trinajstić information content (AvgIpc) is 2.20. The molecular weight excluding hydrogens is 176 g/mol. The highest BCUT2D eigenvalue weighted by molar-refractivity contribution is 6.40. The summed E-state index contributed by atoms with van der Waals surface area (Å²) in [6.45, 7) is 5.54. The van der Waals surface area contributed by atoms with Gasteiger partial charge in [-0.3, -0.25) is 4.99 Å². The van der Waals surface area contributed by atoms with E-state index in [1.165, 1.54) is 0 Å². The van der Waals surface area contributed by atoms with Crippen LogP contribution in [0.1, 0.15) is 19.4 Å². The van der Waals surface area contributed by atoms with Gasteiger partial charge >= 0.3 is 0 Å². The summed E-state index contributed by atoms with van der Waals surface area (Å²) in [5.74, 6) is 0. The van der Waals surface area contributed by atoms with Gasteiger partial charge in [-0.1, -0.05) is 23.4 Å². The van der Waals surface area contributed by atoms with Gasteiger partial charge in [-0.05, 0) is 32.4 Å². The summed E-state index contributed by atoms with van der Waals surface area (Å²) in [4.78, 5) is 4.36. The van der Waals surface area contributed by atoms with Crippen molar-refractivity contribution in [1.29, 1.82) is 0 Å². The molecule has 0 radical (unpaired) electrons. The van der Waals surface area contributed by atoms with E-state index in [4.69, 9.17) is 5.21 Å². The molecule has 3 heteroatoms. The van der Waals surface area contributed by atoms with Gasteiger partial charge in [-0.15, -0.1) is 0 Å². The summed E-state index contributed by atoms with van der Waals surface area (Å²) in [7, 11) is 0. The van der Waals surface area contributed by atoms with Crippen molar-refractivity contribution in [2.24, 2.45) is 10.1 Å². The van der Waals surface area contributed by atoms with E-state index in [0.29, 0.717) is 5.71 Å². The van der Waals surface area contributed by atoms with Crippen LogP contribution in [0.3, 0.4) is 0 Å². The van der Waals surface area contributed by atoms with Crippen LogP contribution in [0.2, 0.25) is 0 Å². The number of oxime groups is 1. The first-order valence-corrected chi connectivity index (χ1v) is 4.45. The van der Waals surface area contributed by atoms with Gasteiger partial charge in [0.2, 0.25) is 0 Å². The van der Waals surface area contributed by atoms with Gasteiger partial charge in [-0.2, -0.15) is 0 Å². The van der Waals surface area contributed by atoms with Crippen LogP contribution >= 0.6 is 0 Å². The molecular formula is C11H14N2O. The quantitative estimate of drug-likeness (QED) is 0.435. The predicted octanol–water partition coefficient (Wildman–Crippen LogP) is 2.94. The number of hydrogen-bond donors (Lipinski definition) is 1. The van der Waals surface area contributed by atoms with Gasteiger partial charge in [0.25, 0.3) is 0 Å². The minimum Gasteiger partial charge on any atom is -0.411 e. The molecule has 1 rings (SSSR count). The Labute approximate surface area is 83.8 Å². The molecule has 0 fully saturated rings. The maximum absolute atomic E-state index is 8.56. The van der Waals surface area contributed by atoms with E-state index in [2.05, 4.69) is 10.1 Å². The lowest BCUT2D eigenvalue weighted by Crippen LogP contribution is -2.04. The second kappa shape index (κ2) is 4.56. The maximum Gasteiger partial charge on any atom is 0.0976 e. The maximum atomic E-state index is 8.56. The summed E-state index contributed by atoms with van der Waals surface area (Å²) < 4.78 is 0. The molecule has 0 heterocycles. The third-order valence-electron chi connectivity index (χ3n) is 2.08. The van der Waals surface area contributed by atoms with Crippen molar-refractivity contribution in [3.63, 3.8) is 0 Å². The van der Waals surface area contributed by atoms with Crippen molar-refractivity contribution in [2.75, 3.05) is 0 Å². The number of nitrogens with zero attached hydrogens (tertiary/aromatic N) is 2. The molecule has 0 bridgehead atoms. The Kier molecular flexibility index (Phi) is 3.40. The molecule has 0 saturated carbocycles. The fourth-order valence-electron chi connectivity index (χ4n) is 1.02. The van der Waals surface area contributed by atoms with E-state index in [1.807, 2.05) is 38.1 Å². The average molecular weight is 190 g/mol. The first-order valence-electron chi connectivity index (χ1n) is 4.45.